The molecule has 4 aromatic carbocycles. The van der Waals surface area contributed by atoms with E-state index in [-0.39, 0.29) is 56.0 Å². The fourth-order valence-corrected chi connectivity index (χ4v) is 6.01. The van der Waals surface area contributed by atoms with Crippen molar-refractivity contribution in [3.05, 3.63) is 130 Å². The molecular formula is C41H44N4O5. The van der Waals surface area contributed by atoms with Gasteiger partial charge >= 0.3 is 0 Å². The molecule has 0 aliphatic carbocycles. The Morgan fingerprint density at radius 3 is 2.22 bits per heavy atom. The van der Waals surface area contributed by atoms with Gasteiger partial charge in [0, 0.05) is 32.4 Å². The molecule has 0 radical (unpaired) electrons. The van der Waals surface area contributed by atoms with E-state index in [4.69, 9.17) is 4.74 Å². The van der Waals surface area contributed by atoms with Crippen molar-refractivity contribution in [1.82, 2.24) is 16.0 Å². The zero-order chi connectivity index (χ0) is 35.5. The van der Waals surface area contributed by atoms with Crippen LogP contribution in [0.1, 0.15) is 71.2 Å². The number of aryl methyl sites for hydroxylation is 2. The van der Waals surface area contributed by atoms with Crippen molar-refractivity contribution in [2.75, 3.05) is 24.6 Å². The lowest BCUT2D eigenvalue weighted by Crippen LogP contribution is -2.35. The number of nitrogens with zero attached hydrogens (tertiary/aromatic N) is 1. The molecule has 1 aliphatic rings. The first-order chi connectivity index (χ1) is 24.2. The summed E-state index contributed by atoms with van der Waals surface area (Å²) in [5, 5.41) is 8.63. The number of nitrogens with one attached hydrogen (secondary N) is 3. The van der Waals surface area contributed by atoms with Crippen LogP contribution in [-0.2, 0) is 25.7 Å². The summed E-state index contributed by atoms with van der Waals surface area (Å²) in [5.74, 6) is -0.335. The first-order valence-corrected chi connectivity index (χ1v) is 17.0. The van der Waals surface area contributed by atoms with Gasteiger partial charge in [0.25, 0.3) is 5.91 Å². The number of amides is 4. The van der Waals surface area contributed by atoms with Gasteiger partial charge in [-0.2, -0.15) is 0 Å². The smallest absolute Gasteiger partial charge is 0.257 e. The van der Waals surface area contributed by atoms with Gasteiger partial charge < -0.3 is 25.6 Å². The van der Waals surface area contributed by atoms with Crippen molar-refractivity contribution in [3.8, 4) is 5.75 Å². The maximum Gasteiger partial charge on any atom is 0.257 e. The van der Waals surface area contributed by atoms with Gasteiger partial charge in [-0.15, -0.1) is 0 Å². The average molecular weight is 673 g/mol. The average Bonchev–Trinajstić information content (AvgIpc) is 3.10. The van der Waals surface area contributed by atoms with Gasteiger partial charge in [0.1, 0.15) is 5.75 Å². The molecule has 0 aromatic heterocycles. The molecule has 5 rings (SSSR count). The van der Waals surface area contributed by atoms with Crippen LogP contribution in [0, 0.1) is 13.8 Å². The quantitative estimate of drug-likeness (QED) is 0.161. The molecule has 0 saturated heterocycles. The summed E-state index contributed by atoms with van der Waals surface area (Å²) in [5.41, 5.74) is 7.78. The van der Waals surface area contributed by atoms with Crippen LogP contribution < -0.4 is 25.6 Å². The highest BCUT2D eigenvalue weighted by molar-refractivity contribution is 5.97. The van der Waals surface area contributed by atoms with Gasteiger partial charge in [0.15, 0.2) is 6.61 Å². The monoisotopic (exact) mass is 672 g/mol. The van der Waals surface area contributed by atoms with Crippen LogP contribution in [0.25, 0.3) is 12.2 Å². The molecule has 1 atom stereocenters. The highest BCUT2D eigenvalue weighted by Crippen LogP contribution is 2.30. The number of carbonyl (C=O) groups excluding carboxylic acids is 4. The molecule has 0 saturated carbocycles. The molecule has 0 fully saturated rings. The maximum atomic E-state index is 13.5. The zero-order valence-electron chi connectivity index (χ0n) is 28.8. The van der Waals surface area contributed by atoms with E-state index in [0.717, 1.165) is 44.6 Å². The number of hydrogen-bond acceptors (Lipinski definition) is 5. The SMILES string of the molecule is CCNC(=O)COc1ccc(C(NC(=O)CCC(=O)NCCC(=O)N2Cc3ccccc3/C=C\c3ccccc32)c2ccc(C)cc2C)cc1. The lowest BCUT2D eigenvalue weighted by atomic mass is 9.93. The third-order valence-electron chi connectivity index (χ3n) is 8.59. The van der Waals surface area contributed by atoms with Gasteiger partial charge in [0.05, 0.1) is 18.3 Å². The summed E-state index contributed by atoms with van der Waals surface area (Å²) in [7, 11) is 0. The van der Waals surface area contributed by atoms with E-state index in [2.05, 4.69) is 28.1 Å². The zero-order valence-corrected chi connectivity index (χ0v) is 28.8. The third-order valence-corrected chi connectivity index (χ3v) is 8.59. The Labute approximate surface area is 293 Å². The molecule has 50 heavy (non-hydrogen) atoms. The molecule has 4 amide bonds. The standard InChI is InChI=1S/C41H44N4O5/c1-4-42-39(48)27-50-34-18-16-32(17-19-34)41(35-20-13-28(2)25-29(35)3)44-38(47)22-21-37(46)43-24-23-40(49)45-26-33-11-6-5-9-30(33)14-15-31-10-7-8-12-36(31)45/h5-20,25,41H,4,21-24,26-27H2,1-3H3,(H,42,48)(H,43,46)(H,44,47)/b15-14-. The van der Waals surface area contributed by atoms with E-state index in [1.54, 1.807) is 17.0 Å². The van der Waals surface area contributed by atoms with Crippen LogP contribution in [-0.4, -0.2) is 43.3 Å². The molecule has 0 spiro atoms. The normalized spacial score (nSPS) is 13.1. The van der Waals surface area contributed by atoms with Gasteiger partial charge in [-0.1, -0.05) is 90.5 Å². The summed E-state index contributed by atoms with van der Waals surface area (Å²) in [4.78, 5) is 53.1. The van der Waals surface area contributed by atoms with Crippen LogP contribution in [0.4, 0.5) is 5.69 Å². The van der Waals surface area contributed by atoms with Crippen molar-refractivity contribution >= 4 is 41.5 Å². The summed E-state index contributed by atoms with van der Waals surface area (Å²) in [6, 6.07) is 28.7. The first kappa shape index (κ1) is 35.6. The second kappa shape index (κ2) is 17.1. The molecule has 9 nitrogen and oxygen atoms in total. The summed E-state index contributed by atoms with van der Waals surface area (Å²) in [6.07, 6.45) is 4.18. The van der Waals surface area contributed by atoms with E-state index in [1.165, 1.54) is 0 Å². The Balaban J connectivity index is 1.17. The number of ether oxygens (including phenoxy) is 1. The van der Waals surface area contributed by atoms with Crippen LogP contribution in [0.15, 0.2) is 91.0 Å². The first-order valence-electron chi connectivity index (χ1n) is 17.0. The molecular weight excluding hydrogens is 628 g/mol. The lowest BCUT2D eigenvalue weighted by molar-refractivity contribution is -0.127. The molecule has 4 aromatic rings. The molecule has 1 aliphatic heterocycles. The highest BCUT2D eigenvalue weighted by Gasteiger charge is 2.22. The number of para-hydroxylation sites is 1. The van der Waals surface area contributed by atoms with E-state index in [9.17, 15) is 19.2 Å². The third kappa shape index (κ3) is 9.47. The minimum atomic E-state index is -0.457. The Morgan fingerprint density at radius 2 is 1.46 bits per heavy atom. The predicted octanol–water partition coefficient (Wildman–Crippen LogP) is 6.03. The second-order valence-electron chi connectivity index (χ2n) is 12.3. The minimum absolute atomic E-state index is 0.0163. The van der Waals surface area contributed by atoms with Crippen molar-refractivity contribution in [2.45, 2.75) is 52.6 Å². The van der Waals surface area contributed by atoms with Crippen LogP contribution in [0.2, 0.25) is 0 Å². The molecule has 1 unspecified atom stereocenters. The molecule has 9 heteroatoms. The molecule has 0 bridgehead atoms. The van der Waals surface area contributed by atoms with Crippen molar-refractivity contribution in [2.24, 2.45) is 0 Å². The lowest BCUT2D eigenvalue weighted by Gasteiger charge is -2.27. The second-order valence-corrected chi connectivity index (χ2v) is 12.3. The van der Waals surface area contributed by atoms with E-state index in [0.29, 0.717) is 18.8 Å². The van der Waals surface area contributed by atoms with Crippen molar-refractivity contribution in [3.63, 3.8) is 0 Å². The Kier molecular flexibility index (Phi) is 12.2. The van der Waals surface area contributed by atoms with Crippen LogP contribution >= 0.6 is 0 Å². The number of anilines is 1. The van der Waals surface area contributed by atoms with E-state index in [1.807, 2.05) is 99.6 Å². The Bertz CT molecular complexity index is 1870. The Morgan fingerprint density at radius 1 is 0.760 bits per heavy atom. The van der Waals surface area contributed by atoms with Crippen LogP contribution in [0.5, 0.6) is 5.75 Å². The van der Waals surface area contributed by atoms with Crippen molar-refractivity contribution < 1.29 is 23.9 Å². The predicted molar refractivity (Wildman–Crippen MR) is 196 cm³/mol. The number of fused-ring (bicyclic) bond motifs is 2. The van der Waals surface area contributed by atoms with Gasteiger partial charge in [-0.3, -0.25) is 19.2 Å². The van der Waals surface area contributed by atoms with Gasteiger partial charge in [0.2, 0.25) is 17.7 Å². The van der Waals surface area contributed by atoms with E-state index >= 15 is 0 Å². The maximum absolute atomic E-state index is 13.5. The van der Waals surface area contributed by atoms with E-state index < -0.39 is 6.04 Å². The number of likely N-dealkylation sites (N-methyl/N-ethyl adjacent to an activating group) is 1. The summed E-state index contributed by atoms with van der Waals surface area (Å²) < 4.78 is 5.60. The molecule has 1 heterocycles. The van der Waals surface area contributed by atoms with Gasteiger partial charge in [-0.25, -0.2) is 0 Å². The van der Waals surface area contributed by atoms with Crippen molar-refractivity contribution in [1.29, 1.82) is 0 Å². The summed E-state index contributed by atoms with van der Waals surface area (Å²) >= 11 is 0. The van der Waals surface area contributed by atoms with Crippen LogP contribution in [0.3, 0.4) is 0 Å². The summed E-state index contributed by atoms with van der Waals surface area (Å²) in [6.45, 7) is 6.90. The fourth-order valence-electron chi connectivity index (χ4n) is 6.01. The number of hydrogen-bond donors (Lipinski definition) is 3. The number of rotatable bonds is 13. The largest absolute Gasteiger partial charge is 0.484 e. The Hall–Kier alpha value is -5.70. The number of carbonyl (C=O) groups is 4. The van der Waals surface area contributed by atoms with Gasteiger partial charge in [-0.05, 0) is 72.4 Å². The topological polar surface area (TPSA) is 117 Å². The minimum Gasteiger partial charge on any atom is -0.484 e. The molecule has 258 valence electrons. The fraction of sp³-hybridized carbons (Fsp3) is 0.268. The number of benzene rings is 4. The highest BCUT2D eigenvalue weighted by atomic mass is 16.5. The molecule has 3 N–H and O–H groups in total.